The van der Waals surface area contributed by atoms with E-state index in [2.05, 4.69) is 15.6 Å². The average Bonchev–Trinajstić information content (AvgIpc) is 3.34. The summed E-state index contributed by atoms with van der Waals surface area (Å²) in [4.78, 5) is 30.7. The number of nitrogens with zero attached hydrogens (tertiary/aromatic N) is 1. The van der Waals surface area contributed by atoms with Crippen molar-refractivity contribution in [3.05, 3.63) is 93.8 Å². The molecular formula is C27H23Cl2N3O2S2. The maximum Gasteiger partial charge on any atom is 0.244 e. The Balaban J connectivity index is 1.50. The number of nitrogens with one attached hydrogen (secondary N) is 2. The highest BCUT2D eigenvalue weighted by atomic mass is 35.5. The van der Waals surface area contributed by atoms with Crippen LogP contribution in [0.5, 0.6) is 0 Å². The number of amides is 2. The van der Waals surface area contributed by atoms with Crippen molar-refractivity contribution in [3.63, 3.8) is 0 Å². The predicted molar refractivity (Wildman–Crippen MR) is 151 cm³/mol. The highest BCUT2D eigenvalue weighted by molar-refractivity contribution is 8.00. The number of thioether (sulfide) groups is 1. The Bertz CT molecular complexity index is 1340. The number of thiazole rings is 1. The molecule has 0 saturated carbocycles. The van der Waals surface area contributed by atoms with Crippen LogP contribution in [0.15, 0.2) is 83.1 Å². The lowest BCUT2D eigenvalue weighted by molar-refractivity contribution is -0.116. The highest BCUT2D eigenvalue weighted by Crippen LogP contribution is 2.37. The molecule has 0 spiro atoms. The first-order valence-corrected chi connectivity index (χ1v) is 13.8. The highest BCUT2D eigenvalue weighted by Gasteiger charge is 2.23. The summed E-state index contributed by atoms with van der Waals surface area (Å²) in [6.07, 6.45) is 1.28. The second kappa shape index (κ2) is 12.4. The second-order valence-electron chi connectivity index (χ2n) is 7.89. The zero-order valence-electron chi connectivity index (χ0n) is 19.3. The minimum Gasteiger partial charge on any atom is -0.326 e. The Morgan fingerprint density at radius 2 is 1.72 bits per heavy atom. The smallest absolute Gasteiger partial charge is 0.244 e. The molecule has 0 aliphatic rings. The summed E-state index contributed by atoms with van der Waals surface area (Å²) in [5.41, 5.74) is 3.14. The Kier molecular flexibility index (Phi) is 9.04. The SMILES string of the molecule is CCCC(=O)Nc1ccc(SC(C(=O)Nc2nc(-c3ccc(Cl)c(Cl)c3)cs2)c2ccccc2)cc1. The number of hydrogen-bond acceptors (Lipinski definition) is 5. The molecule has 1 heterocycles. The van der Waals surface area contributed by atoms with Gasteiger partial charge in [0.15, 0.2) is 5.13 Å². The molecule has 0 fully saturated rings. The van der Waals surface area contributed by atoms with Gasteiger partial charge in [-0.2, -0.15) is 0 Å². The lowest BCUT2D eigenvalue weighted by Crippen LogP contribution is -2.19. The van der Waals surface area contributed by atoms with Crippen molar-refractivity contribution in [1.29, 1.82) is 0 Å². The quantitative estimate of drug-likeness (QED) is 0.203. The first-order valence-electron chi connectivity index (χ1n) is 11.3. The van der Waals surface area contributed by atoms with Gasteiger partial charge in [-0.1, -0.05) is 66.5 Å². The van der Waals surface area contributed by atoms with Crippen LogP contribution in [0.3, 0.4) is 0 Å². The number of halogens is 2. The summed E-state index contributed by atoms with van der Waals surface area (Å²) in [5, 5.41) is 8.63. The monoisotopic (exact) mass is 555 g/mol. The summed E-state index contributed by atoms with van der Waals surface area (Å²) in [5.74, 6) is -0.190. The lowest BCUT2D eigenvalue weighted by atomic mass is 10.1. The molecule has 4 rings (SSSR count). The van der Waals surface area contributed by atoms with Crippen molar-refractivity contribution in [1.82, 2.24) is 4.98 Å². The molecule has 184 valence electrons. The topological polar surface area (TPSA) is 71.1 Å². The largest absolute Gasteiger partial charge is 0.326 e. The normalized spacial score (nSPS) is 11.6. The molecule has 2 amide bonds. The molecule has 4 aromatic rings. The zero-order valence-corrected chi connectivity index (χ0v) is 22.5. The third-order valence-electron chi connectivity index (χ3n) is 5.16. The van der Waals surface area contributed by atoms with Crippen LogP contribution in [-0.2, 0) is 9.59 Å². The third kappa shape index (κ3) is 6.89. The van der Waals surface area contributed by atoms with E-state index in [0.29, 0.717) is 27.3 Å². The molecule has 0 bridgehead atoms. The van der Waals surface area contributed by atoms with Gasteiger partial charge in [0.1, 0.15) is 5.25 Å². The maximum atomic E-state index is 13.4. The minimum absolute atomic E-state index is 0.0110. The van der Waals surface area contributed by atoms with Gasteiger partial charge < -0.3 is 10.6 Å². The fourth-order valence-corrected chi connectivity index (χ4v) is 5.44. The molecule has 36 heavy (non-hydrogen) atoms. The number of carbonyl (C=O) groups excluding carboxylic acids is 2. The summed E-state index contributed by atoms with van der Waals surface area (Å²) >= 11 is 14.9. The fraction of sp³-hybridized carbons (Fsp3) is 0.148. The third-order valence-corrected chi connectivity index (χ3v) is 7.92. The first kappa shape index (κ1) is 26.2. The van der Waals surface area contributed by atoms with Crippen LogP contribution in [0.25, 0.3) is 11.3 Å². The number of anilines is 2. The van der Waals surface area contributed by atoms with Crippen molar-refractivity contribution in [3.8, 4) is 11.3 Å². The van der Waals surface area contributed by atoms with E-state index < -0.39 is 5.25 Å². The van der Waals surface area contributed by atoms with E-state index in [-0.39, 0.29) is 11.8 Å². The van der Waals surface area contributed by atoms with Crippen LogP contribution in [0, 0.1) is 0 Å². The van der Waals surface area contributed by atoms with E-state index in [1.165, 1.54) is 23.1 Å². The number of benzene rings is 3. The van der Waals surface area contributed by atoms with Gasteiger partial charge >= 0.3 is 0 Å². The summed E-state index contributed by atoms with van der Waals surface area (Å²) in [7, 11) is 0. The van der Waals surface area contributed by atoms with Gasteiger partial charge in [-0.05, 0) is 48.4 Å². The van der Waals surface area contributed by atoms with Crippen LogP contribution in [0.1, 0.15) is 30.6 Å². The molecule has 0 aliphatic carbocycles. The molecule has 3 aromatic carbocycles. The number of carbonyl (C=O) groups is 2. The first-order chi connectivity index (χ1) is 17.4. The average molecular weight is 557 g/mol. The van der Waals surface area contributed by atoms with Crippen LogP contribution in [0.4, 0.5) is 10.8 Å². The number of rotatable bonds is 9. The van der Waals surface area contributed by atoms with Crippen LogP contribution < -0.4 is 10.6 Å². The van der Waals surface area contributed by atoms with Gasteiger partial charge in [0.25, 0.3) is 0 Å². The van der Waals surface area contributed by atoms with Gasteiger partial charge in [0.05, 0.1) is 15.7 Å². The Morgan fingerprint density at radius 1 is 0.972 bits per heavy atom. The predicted octanol–water partition coefficient (Wildman–Crippen LogP) is 8.33. The second-order valence-corrected chi connectivity index (χ2v) is 10.7. The summed E-state index contributed by atoms with van der Waals surface area (Å²) < 4.78 is 0. The molecular weight excluding hydrogens is 533 g/mol. The van der Waals surface area contributed by atoms with Gasteiger partial charge in [0, 0.05) is 27.9 Å². The molecule has 0 saturated heterocycles. The Hall–Kier alpha value is -2.84. The maximum absolute atomic E-state index is 13.4. The lowest BCUT2D eigenvalue weighted by Gasteiger charge is -2.16. The van der Waals surface area contributed by atoms with Crippen LogP contribution >= 0.6 is 46.3 Å². The van der Waals surface area contributed by atoms with Crippen molar-refractivity contribution >= 4 is 68.9 Å². The van der Waals surface area contributed by atoms with Crippen LogP contribution in [-0.4, -0.2) is 16.8 Å². The Morgan fingerprint density at radius 3 is 2.42 bits per heavy atom. The molecule has 1 aromatic heterocycles. The van der Waals surface area contributed by atoms with E-state index >= 15 is 0 Å². The van der Waals surface area contributed by atoms with Crippen molar-refractivity contribution < 1.29 is 9.59 Å². The Labute approximate surface area is 228 Å². The van der Waals surface area contributed by atoms with E-state index in [1.54, 1.807) is 12.1 Å². The van der Waals surface area contributed by atoms with E-state index in [1.807, 2.05) is 73.0 Å². The van der Waals surface area contributed by atoms with E-state index in [4.69, 9.17) is 23.2 Å². The van der Waals surface area contributed by atoms with Crippen molar-refractivity contribution in [2.24, 2.45) is 0 Å². The number of aromatic nitrogens is 1. The standard InChI is InChI=1S/C27H23Cl2N3O2S2/c1-2-6-24(33)30-19-10-12-20(13-11-19)36-25(17-7-4-3-5-8-17)26(34)32-27-31-23(16-35-27)18-9-14-21(28)22(29)15-18/h3-5,7-16,25H,2,6H2,1H3,(H,30,33)(H,31,32,34). The van der Waals surface area contributed by atoms with E-state index in [0.717, 1.165) is 28.1 Å². The zero-order chi connectivity index (χ0) is 25.5. The molecule has 2 N–H and O–H groups in total. The molecule has 5 nitrogen and oxygen atoms in total. The van der Waals surface area contributed by atoms with Crippen LogP contribution in [0.2, 0.25) is 10.0 Å². The van der Waals surface area contributed by atoms with E-state index in [9.17, 15) is 9.59 Å². The molecule has 0 aliphatic heterocycles. The van der Waals surface area contributed by atoms with Gasteiger partial charge in [0.2, 0.25) is 11.8 Å². The molecule has 0 radical (unpaired) electrons. The molecule has 1 atom stereocenters. The van der Waals surface area contributed by atoms with Gasteiger partial charge in [-0.15, -0.1) is 23.1 Å². The van der Waals surface area contributed by atoms with Gasteiger partial charge in [-0.25, -0.2) is 4.98 Å². The fourth-order valence-electron chi connectivity index (χ4n) is 3.39. The molecule has 9 heteroatoms. The number of hydrogen-bond donors (Lipinski definition) is 2. The van der Waals surface area contributed by atoms with Crippen molar-refractivity contribution in [2.45, 2.75) is 29.9 Å². The molecule has 1 unspecified atom stereocenters. The minimum atomic E-state index is -0.496. The van der Waals surface area contributed by atoms with Gasteiger partial charge in [-0.3, -0.25) is 9.59 Å². The summed E-state index contributed by atoms with van der Waals surface area (Å²) in [6, 6.07) is 22.4. The van der Waals surface area contributed by atoms with Crippen molar-refractivity contribution in [2.75, 3.05) is 10.6 Å². The summed E-state index contributed by atoms with van der Waals surface area (Å²) in [6.45, 7) is 1.97.